The lowest BCUT2D eigenvalue weighted by atomic mass is 9.84. The molecule has 0 unspecified atom stereocenters. The third-order valence-corrected chi connectivity index (χ3v) is 3.50. The second-order valence-electron chi connectivity index (χ2n) is 4.40. The Bertz CT molecular complexity index is 226. The van der Waals surface area contributed by atoms with Crippen molar-refractivity contribution in [1.29, 1.82) is 0 Å². The summed E-state index contributed by atoms with van der Waals surface area (Å²) in [6.45, 7) is 2.27. The Morgan fingerprint density at radius 2 is 2.00 bits per heavy atom. The minimum absolute atomic E-state index is 0.915. The van der Waals surface area contributed by atoms with Crippen molar-refractivity contribution >= 4 is 0 Å². The summed E-state index contributed by atoms with van der Waals surface area (Å²) in [4.78, 5) is 0. The average molecular weight is 176 g/mol. The highest BCUT2D eigenvalue weighted by atomic mass is 14.2. The van der Waals surface area contributed by atoms with E-state index in [2.05, 4.69) is 19.1 Å². The minimum atomic E-state index is 0.915. The van der Waals surface area contributed by atoms with E-state index in [-0.39, 0.29) is 0 Å². The minimum Gasteiger partial charge on any atom is -0.0770 e. The van der Waals surface area contributed by atoms with E-state index in [0.717, 1.165) is 5.92 Å². The van der Waals surface area contributed by atoms with Crippen molar-refractivity contribution in [3.05, 3.63) is 23.3 Å². The summed E-state index contributed by atoms with van der Waals surface area (Å²) < 4.78 is 0. The van der Waals surface area contributed by atoms with Crippen molar-refractivity contribution in [2.24, 2.45) is 5.92 Å². The molecule has 1 saturated carbocycles. The first-order valence-electron chi connectivity index (χ1n) is 5.79. The van der Waals surface area contributed by atoms with Crippen LogP contribution in [0, 0.1) is 5.92 Å². The monoisotopic (exact) mass is 176 g/mol. The first kappa shape index (κ1) is 9.05. The van der Waals surface area contributed by atoms with Crippen LogP contribution in [0.4, 0.5) is 0 Å². The van der Waals surface area contributed by atoms with Gasteiger partial charge in [-0.15, -0.1) is 0 Å². The van der Waals surface area contributed by atoms with E-state index >= 15 is 0 Å². The van der Waals surface area contributed by atoms with Crippen LogP contribution in [0.1, 0.15) is 51.9 Å². The predicted octanol–water partition coefficient (Wildman–Crippen LogP) is 4.23. The van der Waals surface area contributed by atoms with Crippen LogP contribution in [-0.2, 0) is 0 Å². The molecule has 0 atom stereocenters. The van der Waals surface area contributed by atoms with Gasteiger partial charge in [-0.1, -0.05) is 43.9 Å². The Hall–Kier alpha value is -0.520. The lowest BCUT2D eigenvalue weighted by molar-refractivity contribution is 0.408. The van der Waals surface area contributed by atoms with Gasteiger partial charge >= 0.3 is 0 Å². The third-order valence-electron chi connectivity index (χ3n) is 3.50. The summed E-state index contributed by atoms with van der Waals surface area (Å²) in [5.41, 5.74) is 3.30. The van der Waals surface area contributed by atoms with Crippen LogP contribution in [0.25, 0.3) is 0 Å². The zero-order valence-electron chi connectivity index (χ0n) is 8.68. The average Bonchev–Trinajstić information content (AvgIpc) is 2.67. The maximum Gasteiger partial charge on any atom is -0.0130 e. The van der Waals surface area contributed by atoms with Crippen molar-refractivity contribution in [2.45, 2.75) is 51.9 Å². The van der Waals surface area contributed by atoms with Gasteiger partial charge in [-0.25, -0.2) is 0 Å². The molecular formula is C13H20. The van der Waals surface area contributed by atoms with Crippen molar-refractivity contribution in [3.8, 4) is 0 Å². The summed E-state index contributed by atoms with van der Waals surface area (Å²) in [5.74, 6) is 0.915. The van der Waals surface area contributed by atoms with Gasteiger partial charge in [0, 0.05) is 0 Å². The summed E-state index contributed by atoms with van der Waals surface area (Å²) in [6.07, 6.45) is 14.7. The van der Waals surface area contributed by atoms with E-state index in [1.165, 1.54) is 44.9 Å². The highest BCUT2D eigenvalue weighted by Crippen LogP contribution is 2.34. The largest absolute Gasteiger partial charge is 0.0770 e. The van der Waals surface area contributed by atoms with Crippen LogP contribution in [-0.4, -0.2) is 0 Å². The molecule has 0 amide bonds. The third kappa shape index (κ3) is 2.04. The molecule has 2 aliphatic carbocycles. The Morgan fingerprint density at radius 3 is 2.62 bits per heavy atom. The second-order valence-corrected chi connectivity index (χ2v) is 4.40. The van der Waals surface area contributed by atoms with Crippen LogP contribution >= 0.6 is 0 Å². The fourth-order valence-corrected chi connectivity index (χ4v) is 2.57. The van der Waals surface area contributed by atoms with Gasteiger partial charge in [0.1, 0.15) is 0 Å². The van der Waals surface area contributed by atoms with Crippen LogP contribution in [0.5, 0.6) is 0 Å². The molecule has 13 heavy (non-hydrogen) atoms. The van der Waals surface area contributed by atoms with Gasteiger partial charge in [0.15, 0.2) is 0 Å². The van der Waals surface area contributed by atoms with E-state index in [0.29, 0.717) is 0 Å². The van der Waals surface area contributed by atoms with Gasteiger partial charge in [0.2, 0.25) is 0 Å². The molecular weight excluding hydrogens is 156 g/mol. The van der Waals surface area contributed by atoms with E-state index < -0.39 is 0 Å². The van der Waals surface area contributed by atoms with Gasteiger partial charge in [-0.3, -0.25) is 0 Å². The number of allylic oxidation sites excluding steroid dienone is 4. The molecule has 72 valence electrons. The maximum atomic E-state index is 2.47. The van der Waals surface area contributed by atoms with Gasteiger partial charge in [-0.05, 0) is 37.2 Å². The van der Waals surface area contributed by atoms with Gasteiger partial charge in [0.25, 0.3) is 0 Å². The summed E-state index contributed by atoms with van der Waals surface area (Å²) >= 11 is 0. The quantitative estimate of drug-likeness (QED) is 0.590. The molecule has 0 aromatic rings. The van der Waals surface area contributed by atoms with E-state index in [1.807, 2.05) is 0 Å². The van der Waals surface area contributed by atoms with Gasteiger partial charge in [-0.2, -0.15) is 0 Å². The molecule has 0 heteroatoms. The zero-order valence-corrected chi connectivity index (χ0v) is 8.68. The van der Waals surface area contributed by atoms with Crippen molar-refractivity contribution in [3.63, 3.8) is 0 Å². The highest BCUT2D eigenvalue weighted by molar-refractivity contribution is 5.34. The van der Waals surface area contributed by atoms with Crippen LogP contribution in [0.3, 0.4) is 0 Å². The summed E-state index contributed by atoms with van der Waals surface area (Å²) in [6, 6.07) is 0. The Balaban J connectivity index is 1.97. The zero-order chi connectivity index (χ0) is 9.10. The molecule has 1 fully saturated rings. The lowest BCUT2D eigenvalue weighted by Crippen LogP contribution is -2.07. The number of rotatable bonds is 2. The summed E-state index contributed by atoms with van der Waals surface area (Å²) in [7, 11) is 0. The SMILES string of the molecule is CCC1=CC(C2CCCCC2)=CC1. The molecule has 0 aromatic heterocycles. The van der Waals surface area contributed by atoms with E-state index in [9.17, 15) is 0 Å². The molecule has 0 spiro atoms. The fourth-order valence-electron chi connectivity index (χ4n) is 2.57. The Labute approximate surface area is 81.7 Å². The summed E-state index contributed by atoms with van der Waals surface area (Å²) in [5, 5.41) is 0. The first-order chi connectivity index (χ1) is 6.40. The van der Waals surface area contributed by atoms with Gasteiger partial charge in [0.05, 0.1) is 0 Å². The fraction of sp³-hybridized carbons (Fsp3) is 0.692. The second kappa shape index (κ2) is 4.13. The predicted molar refractivity (Wildman–Crippen MR) is 57.6 cm³/mol. The molecule has 0 bridgehead atoms. The lowest BCUT2D eigenvalue weighted by Gasteiger charge is -2.21. The molecule has 2 rings (SSSR count). The Kier molecular flexibility index (Phi) is 2.87. The van der Waals surface area contributed by atoms with E-state index in [1.54, 1.807) is 11.1 Å². The molecule has 0 aliphatic heterocycles. The Morgan fingerprint density at radius 1 is 1.23 bits per heavy atom. The van der Waals surface area contributed by atoms with Crippen molar-refractivity contribution < 1.29 is 0 Å². The molecule has 0 radical (unpaired) electrons. The number of hydrogen-bond donors (Lipinski definition) is 0. The van der Waals surface area contributed by atoms with Crippen LogP contribution in [0.15, 0.2) is 23.3 Å². The molecule has 0 saturated heterocycles. The van der Waals surface area contributed by atoms with Crippen molar-refractivity contribution in [2.75, 3.05) is 0 Å². The van der Waals surface area contributed by atoms with Crippen LogP contribution < -0.4 is 0 Å². The molecule has 0 N–H and O–H groups in total. The van der Waals surface area contributed by atoms with E-state index in [4.69, 9.17) is 0 Å². The molecule has 2 aliphatic rings. The molecule has 0 aromatic carbocycles. The standard InChI is InChI=1S/C13H20/c1-2-11-8-9-13(10-11)12-6-4-3-5-7-12/h9-10,12H,2-8H2,1H3. The normalized spacial score (nSPS) is 24.4. The van der Waals surface area contributed by atoms with Gasteiger partial charge < -0.3 is 0 Å². The highest BCUT2D eigenvalue weighted by Gasteiger charge is 2.18. The molecule has 0 heterocycles. The first-order valence-corrected chi connectivity index (χ1v) is 5.79. The molecule has 0 nitrogen and oxygen atoms in total. The number of hydrogen-bond acceptors (Lipinski definition) is 0. The topological polar surface area (TPSA) is 0 Å². The van der Waals surface area contributed by atoms with Crippen molar-refractivity contribution in [1.82, 2.24) is 0 Å². The van der Waals surface area contributed by atoms with Crippen LogP contribution in [0.2, 0.25) is 0 Å². The maximum absolute atomic E-state index is 2.47. The smallest absolute Gasteiger partial charge is 0.0130 e.